The fraction of sp³-hybridized carbons (Fsp3) is 0.375. The van der Waals surface area contributed by atoms with Crippen molar-refractivity contribution in [2.75, 3.05) is 19.3 Å². The number of aromatic nitrogens is 1. The summed E-state index contributed by atoms with van der Waals surface area (Å²) in [7, 11) is 1.66. The van der Waals surface area contributed by atoms with Crippen LogP contribution in [0.3, 0.4) is 0 Å². The predicted octanol–water partition coefficient (Wildman–Crippen LogP) is 2.77. The van der Waals surface area contributed by atoms with Crippen LogP contribution in [-0.2, 0) is 0 Å². The Bertz CT molecular complexity index is 479. The Morgan fingerprint density at radius 3 is 2.76 bits per heavy atom. The second-order valence-electron chi connectivity index (χ2n) is 3.18. The molecular formula is C8H7Cl2N3OS3. The Morgan fingerprint density at radius 2 is 2.29 bits per heavy atom. The molecule has 1 aromatic heterocycles. The number of thiocarbonyl (C=S) groups is 1. The van der Waals surface area contributed by atoms with Crippen LogP contribution in [0.15, 0.2) is 0 Å². The third kappa shape index (κ3) is 2.53. The number of hydrazine groups is 1. The number of carbonyl (C=O) groups is 1. The number of hydrogen-bond acceptors (Lipinski definition) is 5. The van der Waals surface area contributed by atoms with Crippen molar-refractivity contribution < 1.29 is 4.79 Å². The number of rotatable bonds is 2. The first-order valence-electron chi connectivity index (χ1n) is 4.55. The molecule has 92 valence electrons. The largest absolute Gasteiger partial charge is 0.285 e. The molecule has 9 heteroatoms. The first-order chi connectivity index (χ1) is 8.02. The minimum absolute atomic E-state index is 0.159. The first kappa shape index (κ1) is 13.4. The van der Waals surface area contributed by atoms with E-state index in [0.717, 1.165) is 23.8 Å². The van der Waals surface area contributed by atoms with E-state index >= 15 is 0 Å². The molecule has 1 aliphatic rings. The van der Waals surface area contributed by atoms with Gasteiger partial charge in [-0.1, -0.05) is 47.2 Å². The highest BCUT2D eigenvalue weighted by atomic mass is 35.5. The van der Waals surface area contributed by atoms with Gasteiger partial charge in [-0.15, -0.1) is 0 Å². The van der Waals surface area contributed by atoms with E-state index in [4.69, 9.17) is 35.4 Å². The summed E-state index contributed by atoms with van der Waals surface area (Å²) in [4.78, 5) is 12.5. The molecule has 0 N–H and O–H groups in total. The second-order valence-corrected chi connectivity index (χ2v) is 6.42. The molecule has 0 radical (unpaired) electrons. The Labute approximate surface area is 122 Å². The highest BCUT2D eigenvalue weighted by Crippen LogP contribution is 2.30. The van der Waals surface area contributed by atoms with Crippen LogP contribution in [0.25, 0.3) is 0 Å². The highest BCUT2D eigenvalue weighted by molar-refractivity contribution is 8.23. The summed E-state index contributed by atoms with van der Waals surface area (Å²) in [5.74, 6) is 0.637. The van der Waals surface area contributed by atoms with Crippen LogP contribution in [0.4, 0.5) is 0 Å². The number of nitrogens with zero attached hydrogens (tertiary/aromatic N) is 3. The zero-order chi connectivity index (χ0) is 12.6. The van der Waals surface area contributed by atoms with E-state index in [1.54, 1.807) is 23.8 Å². The van der Waals surface area contributed by atoms with Crippen LogP contribution in [0, 0.1) is 0 Å². The summed E-state index contributed by atoms with van der Waals surface area (Å²) in [5, 5.41) is 3.56. The summed E-state index contributed by atoms with van der Waals surface area (Å²) in [6.07, 6.45) is 0. The molecule has 0 spiro atoms. The SMILES string of the molecule is CN(C(=O)c1snc(Cl)c1Cl)N1CCSC1=S. The Hall–Kier alpha value is -0.0800. The molecule has 0 aromatic carbocycles. The van der Waals surface area contributed by atoms with Gasteiger partial charge in [0.05, 0.1) is 6.54 Å². The van der Waals surface area contributed by atoms with Crippen molar-refractivity contribution in [1.29, 1.82) is 0 Å². The molecule has 1 amide bonds. The number of halogens is 2. The molecule has 1 fully saturated rings. The average Bonchev–Trinajstić information content (AvgIpc) is 2.86. The molecular weight excluding hydrogens is 321 g/mol. The fourth-order valence-corrected chi connectivity index (χ4v) is 3.75. The molecule has 1 saturated heterocycles. The van der Waals surface area contributed by atoms with Crippen LogP contribution in [0.5, 0.6) is 0 Å². The zero-order valence-electron chi connectivity index (χ0n) is 8.64. The molecule has 0 bridgehead atoms. The maximum Gasteiger partial charge on any atom is 0.285 e. The van der Waals surface area contributed by atoms with Gasteiger partial charge in [-0.25, -0.2) is 0 Å². The van der Waals surface area contributed by atoms with Gasteiger partial charge in [-0.05, 0) is 11.5 Å². The predicted molar refractivity (Wildman–Crippen MR) is 76.0 cm³/mol. The van der Waals surface area contributed by atoms with Crippen LogP contribution < -0.4 is 0 Å². The Balaban J connectivity index is 2.20. The fourth-order valence-electron chi connectivity index (χ4n) is 1.31. The average molecular weight is 328 g/mol. The van der Waals surface area contributed by atoms with Crippen LogP contribution in [0.2, 0.25) is 10.2 Å². The monoisotopic (exact) mass is 327 g/mol. The number of amides is 1. The summed E-state index contributed by atoms with van der Waals surface area (Å²) in [5.41, 5.74) is 0. The number of thioether (sulfide) groups is 1. The van der Waals surface area contributed by atoms with Gasteiger partial charge in [0.15, 0.2) is 9.47 Å². The third-order valence-corrected chi connectivity index (χ3v) is 5.38. The number of carbonyl (C=O) groups excluding carboxylic acids is 1. The van der Waals surface area contributed by atoms with Gasteiger partial charge < -0.3 is 0 Å². The van der Waals surface area contributed by atoms with E-state index in [1.807, 2.05) is 0 Å². The van der Waals surface area contributed by atoms with Gasteiger partial charge in [0, 0.05) is 12.8 Å². The molecule has 0 aliphatic carbocycles. The van der Waals surface area contributed by atoms with E-state index in [-0.39, 0.29) is 16.1 Å². The van der Waals surface area contributed by atoms with Crippen LogP contribution >= 0.6 is 58.7 Å². The smallest absolute Gasteiger partial charge is 0.266 e. The lowest BCUT2D eigenvalue weighted by Gasteiger charge is -2.28. The Morgan fingerprint density at radius 1 is 1.59 bits per heavy atom. The van der Waals surface area contributed by atoms with Crippen molar-refractivity contribution in [3.05, 3.63) is 15.1 Å². The Kier molecular flexibility index (Phi) is 4.14. The molecule has 17 heavy (non-hydrogen) atoms. The minimum Gasteiger partial charge on any atom is -0.266 e. The van der Waals surface area contributed by atoms with Crippen molar-refractivity contribution in [2.24, 2.45) is 0 Å². The van der Waals surface area contributed by atoms with Gasteiger partial charge in [0.2, 0.25) is 0 Å². The van der Waals surface area contributed by atoms with E-state index < -0.39 is 0 Å². The lowest BCUT2D eigenvalue weighted by Crippen LogP contribution is -2.43. The molecule has 0 unspecified atom stereocenters. The van der Waals surface area contributed by atoms with Crippen molar-refractivity contribution in [2.45, 2.75) is 0 Å². The highest BCUT2D eigenvalue weighted by Gasteiger charge is 2.28. The molecule has 2 rings (SSSR count). The summed E-state index contributed by atoms with van der Waals surface area (Å²) in [6.45, 7) is 0.718. The maximum absolute atomic E-state index is 12.2. The lowest BCUT2D eigenvalue weighted by molar-refractivity contribution is 0.0471. The molecule has 1 aromatic rings. The topological polar surface area (TPSA) is 36.4 Å². The third-order valence-electron chi connectivity index (χ3n) is 2.19. The van der Waals surface area contributed by atoms with Gasteiger partial charge in [-0.2, -0.15) is 4.37 Å². The van der Waals surface area contributed by atoms with Crippen molar-refractivity contribution in [1.82, 2.24) is 14.4 Å². The van der Waals surface area contributed by atoms with E-state index in [9.17, 15) is 4.79 Å². The quantitative estimate of drug-likeness (QED) is 0.780. The van der Waals surface area contributed by atoms with Crippen molar-refractivity contribution in [3.8, 4) is 0 Å². The van der Waals surface area contributed by atoms with Gasteiger partial charge in [-0.3, -0.25) is 14.8 Å². The molecule has 4 nitrogen and oxygen atoms in total. The van der Waals surface area contributed by atoms with Gasteiger partial charge in [0.1, 0.15) is 9.90 Å². The van der Waals surface area contributed by atoms with Crippen LogP contribution in [0.1, 0.15) is 9.67 Å². The summed E-state index contributed by atoms with van der Waals surface area (Å²) < 4.78 is 4.52. The zero-order valence-corrected chi connectivity index (χ0v) is 12.6. The first-order valence-corrected chi connectivity index (χ1v) is 7.47. The second kappa shape index (κ2) is 5.27. The molecule has 1 aliphatic heterocycles. The summed E-state index contributed by atoms with van der Waals surface area (Å²) in [6, 6.07) is 0. The van der Waals surface area contributed by atoms with Gasteiger partial charge >= 0.3 is 0 Å². The van der Waals surface area contributed by atoms with E-state index in [0.29, 0.717) is 9.20 Å². The lowest BCUT2D eigenvalue weighted by atomic mass is 10.4. The summed E-state index contributed by atoms with van der Waals surface area (Å²) >= 11 is 19.3. The molecule has 0 saturated carbocycles. The van der Waals surface area contributed by atoms with Crippen molar-refractivity contribution in [3.63, 3.8) is 0 Å². The normalized spacial score (nSPS) is 15.5. The van der Waals surface area contributed by atoms with E-state index in [1.165, 1.54) is 5.01 Å². The standard InChI is InChI=1S/C8H7Cl2N3OS3/c1-12(13-2-3-16-8(13)15)7(14)5-4(9)6(10)11-17-5/h2-3H2,1H3. The molecule has 2 heterocycles. The van der Waals surface area contributed by atoms with Crippen molar-refractivity contribution >= 4 is 68.9 Å². The maximum atomic E-state index is 12.2. The van der Waals surface area contributed by atoms with Crippen LogP contribution in [-0.4, -0.2) is 44.0 Å². The van der Waals surface area contributed by atoms with E-state index in [2.05, 4.69) is 4.37 Å². The minimum atomic E-state index is -0.246. The molecule has 0 atom stereocenters. The number of hydrogen-bond donors (Lipinski definition) is 0. The van der Waals surface area contributed by atoms with Gasteiger partial charge in [0.25, 0.3) is 5.91 Å².